The molecule has 3 unspecified atom stereocenters. The number of halogens is 1. The van der Waals surface area contributed by atoms with E-state index in [0.29, 0.717) is 12.1 Å². The van der Waals surface area contributed by atoms with Crippen LogP contribution in [0.2, 0.25) is 5.02 Å². The van der Waals surface area contributed by atoms with Crippen LogP contribution in [0.5, 0.6) is 0 Å². The van der Waals surface area contributed by atoms with Crippen molar-refractivity contribution < 1.29 is 5.11 Å². The fourth-order valence-corrected chi connectivity index (χ4v) is 2.88. The Morgan fingerprint density at radius 1 is 1.35 bits per heavy atom. The summed E-state index contributed by atoms with van der Waals surface area (Å²) in [7, 11) is 0. The fourth-order valence-electron chi connectivity index (χ4n) is 2.69. The van der Waals surface area contributed by atoms with E-state index in [-0.39, 0.29) is 6.10 Å². The molecule has 0 saturated heterocycles. The van der Waals surface area contributed by atoms with E-state index in [1.807, 2.05) is 13.0 Å². The molecule has 0 radical (unpaired) electrons. The summed E-state index contributed by atoms with van der Waals surface area (Å²) in [5.74, 6) is 0. The molecule has 0 aromatic heterocycles. The molecule has 2 rings (SSSR count). The Balaban J connectivity index is 1.92. The summed E-state index contributed by atoms with van der Waals surface area (Å²) in [6.07, 6.45) is 2.67. The van der Waals surface area contributed by atoms with E-state index in [4.69, 9.17) is 11.6 Å². The smallest absolute Gasteiger partial charge is 0.0526 e. The van der Waals surface area contributed by atoms with E-state index in [9.17, 15) is 5.11 Å². The predicted octanol–water partition coefficient (Wildman–Crippen LogP) is 2.56. The van der Waals surface area contributed by atoms with Gasteiger partial charge in [0, 0.05) is 17.1 Å². The lowest BCUT2D eigenvalue weighted by atomic mass is 10.1. The van der Waals surface area contributed by atoms with Crippen LogP contribution in [0.25, 0.3) is 0 Å². The number of rotatable bonds is 4. The molecule has 3 heteroatoms. The maximum Gasteiger partial charge on any atom is 0.0526 e. The van der Waals surface area contributed by atoms with Gasteiger partial charge in [-0.1, -0.05) is 17.7 Å². The third kappa shape index (κ3) is 3.44. The van der Waals surface area contributed by atoms with Gasteiger partial charge >= 0.3 is 0 Å². The van der Waals surface area contributed by atoms with Crippen LogP contribution < -0.4 is 5.32 Å². The van der Waals surface area contributed by atoms with Crippen molar-refractivity contribution in [3.05, 3.63) is 34.3 Å². The van der Waals surface area contributed by atoms with Gasteiger partial charge in [0.1, 0.15) is 0 Å². The van der Waals surface area contributed by atoms with E-state index < -0.39 is 0 Å². The van der Waals surface area contributed by atoms with Crippen LogP contribution in [0.3, 0.4) is 0 Å². The minimum Gasteiger partial charge on any atom is -0.393 e. The molecule has 1 aromatic carbocycles. The fraction of sp³-hybridized carbons (Fsp3) is 0.571. The van der Waals surface area contributed by atoms with Gasteiger partial charge in [0.05, 0.1) is 6.10 Å². The van der Waals surface area contributed by atoms with Crippen molar-refractivity contribution in [3.63, 3.8) is 0 Å². The summed E-state index contributed by atoms with van der Waals surface area (Å²) >= 11 is 5.99. The zero-order valence-electron chi connectivity index (χ0n) is 10.4. The van der Waals surface area contributed by atoms with Gasteiger partial charge < -0.3 is 10.4 Å². The number of benzene rings is 1. The second-order valence-electron chi connectivity index (χ2n) is 5.17. The highest BCUT2D eigenvalue weighted by Gasteiger charge is 2.22. The zero-order valence-corrected chi connectivity index (χ0v) is 11.2. The minimum absolute atomic E-state index is 0.240. The number of aliphatic hydroxyl groups is 1. The molecule has 2 N–H and O–H groups in total. The SMILES string of the molecule is CC(O)CC(C)NC1Cc2ccc(Cl)cc2C1. The predicted molar refractivity (Wildman–Crippen MR) is 71.5 cm³/mol. The molecule has 17 heavy (non-hydrogen) atoms. The van der Waals surface area contributed by atoms with E-state index in [1.165, 1.54) is 11.1 Å². The lowest BCUT2D eigenvalue weighted by Crippen LogP contribution is -2.38. The summed E-state index contributed by atoms with van der Waals surface area (Å²) < 4.78 is 0. The molecule has 1 aromatic rings. The number of hydrogen-bond donors (Lipinski definition) is 2. The molecule has 3 atom stereocenters. The van der Waals surface area contributed by atoms with Gasteiger partial charge in [0.25, 0.3) is 0 Å². The van der Waals surface area contributed by atoms with Crippen molar-refractivity contribution in [2.45, 2.75) is 51.3 Å². The number of fused-ring (bicyclic) bond motifs is 1. The van der Waals surface area contributed by atoms with E-state index in [1.54, 1.807) is 0 Å². The molecule has 0 saturated carbocycles. The van der Waals surface area contributed by atoms with Crippen molar-refractivity contribution in [2.75, 3.05) is 0 Å². The Labute approximate surface area is 108 Å². The molecule has 0 aliphatic heterocycles. The topological polar surface area (TPSA) is 32.3 Å². The van der Waals surface area contributed by atoms with Gasteiger partial charge in [-0.15, -0.1) is 0 Å². The third-order valence-corrected chi connectivity index (χ3v) is 3.55. The number of nitrogens with one attached hydrogen (secondary N) is 1. The first kappa shape index (κ1) is 12.9. The molecule has 94 valence electrons. The van der Waals surface area contributed by atoms with Crippen LogP contribution in [-0.4, -0.2) is 23.3 Å². The Bertz CT molecular complexity index is 392. The second-order valence-corrected chi connectivity index (χ2v) is 5.61. The highest BCUT2D eigenvalue weighted by Crippen LogP contribution is 2.25. The monoisotopic (exact) mass is 253 g/mol. The van der Waals surface area contributed by atoms with Crippen molar-refractivity contribution >= 4 is 11.6 Å². The summed E-state index contributed by atoms with van der Waals surface area (Å²) in [5, 5.41) is 13.7. The Hall–Kier alpha value is -0.570. The molecule has 0 fully saturated rings. The van der Waals surface area contributed by atoms with Gasteiger partial charge in [0.15, 0.2) is 0 Å². The van der Waals surface area contributed by atoms with Crippen LogP contribution in [0.4, 0.5) is 0 Å². The first-order chi connectivity index (χ1) is 8.04. The van der Waals surface area contributed by atoms with Gasteiger partial charge in [-0.25, -0.2) is 0 Å². The summed E-state index contributed by atoms with van der Waals surface area (Å²) in [6.45, 7) is 3.96. The van der Waals surface area contributed by atoms with Crippen molar-refractivity contribution in [3.8, 4) is 0 Å². The van der Waals surface area contributed by atoms with Gasteiger partial charge in [0.2, 0.25) is 0 Å². The van der Waals surface area contributed by atoms with Gasteiger partial charge in [-0.3, -0.25) is 0 Å². The summed E-state index contributed by atoms with van der Waals surface area (Å²) in [4.78, 5) is 0. The minimum atomic E-state index is -0.240. The highest BCUT2D eigenvalue weighted by molar-refractivity contribution is 6.30. The van der Waals surface area contributed by atoms with Crippen molar-refractivity contribution in [1.29, 1.82) is 0 Å². The van der Waals surface area contributed by atoms with Gasteiger partial charge in [-0.05, 0) is 56.4 Å². The highest BCUT2D eigenvalue weighted by atomic mass is 35.5. The Kier molecular flexibility index (Phi) is 4.08. The Morgan fingerprint density at radius 3 is 2.76 bits per heavy atom. The van der Waals surface area contributed by atoms with Crippen molar-refractivity contribution in [1.82, 2.24) is 5.32 Å². The van der Waals surface area contributed by atoms with E-state index in [0.717, 1.165) is 24.3 Å². The molecular weight excluding hydrogens is 234 g/mol. The molecule has 0 heterocycles. The number of aliphatic hydroxyl groups excluding tert-OH is 1. The molecule has 0 spiro atoms. The van der Waals surface area contributed by atoms with Crippen LogP contribution in [0.1, 0.15) is 31.4 Å². The molecule has 2 nitrogen and oxygen atoms in total. The molecule has 1 aliphatic rings. The average Bonchev–Trinajstić information content (AvgIpc) is 2.57. The van der Waals surface area contributed by atoms with Crippen LogP contribution >= 0.6 is 11.6 Å². The van der Waals surface area contributed by atoms with Crippen LogP contribution in [0, 0.1) is 0 Å². The van der Waals surface area contributed by atoms with Crippen molar-refractivity contribution in [2.24, 2.45) is 0 Å². The molecular formula is C14H20ClNO. The normalized spacial score (nSPS) is 22.2. The first-order valence-corrected chi connectivity index (χ1v) is 6.64. The molecule has 0 amide bonds. The lowest BCUT2D eigenvalue weighted by molar-refractivity contribution is 0.168. The second kappa shape index (κ2) is 5.38. The Morgan fingerprint density at radius 2 is 2.06 bits per heavy atom. The standard InChI is InChI=1S/C14H20ClNO/c1-9(5-10(2)17)16-14-7-11-3-4-13(15)6-12(11)8-14/h3-4,6,9-10,14,16-17H,5,7-8H2,1-2H3. The van der Waals surface area contributed by atoms with Gasteiger partial charge in [-0.2, -0.15) is 0 Å². The summed E-state index contributed by atoms with van der Waals surface area (Å²) in [6, 6.07) is 6.99. The molecule has 0 bridgehead atoms. The quantitative estimate of drug-likeness (QED) is 0.865. The largest absolute Gasteiger partial charge is 0.393 e. The molecule has 1 aliphatic carbocycles. The van der Waals surface area contributed by atoms with E-state index >= 15 is 0 Å². The lowest BCUT2D eigenvalue weighted by Gasteiger charge is -2.20. The van der Waals surface area contributed by atoms with Crippen LogP contribution in [-0.2, 0) is 12.8 Å². The van der Waals surface area contributed by atoms with E-state index in [2.05, 4.69) is 24.4 Å². The zero-order chi connectivity index (χ0) is 12.4. The maximum atomic E-state index is 9.35. The maximum absolute atomic E-state index is 9.35. The van der Waals surface area contributed by atoms with Crippen LogP contribution in [0.15, 0.2) is 18.2 Å². The number of hydrogen-bond acceptors (Lipinski definition) is 2. The summed E-state index contributed by atoms with van der Waals surface area (Å²) in [5.41, 5.74) is 2.76. The third-order valence-electron chi connectivity index (χ3n) is 3.32. The first-order valence-electron chi connectivity index (χ1n) is 6.26. The average molecular weight is 254 g/mol.